The Bertz CT molecular complexity index is 1260. The van der Waals surface area contributed by atoms with Gasteiger partial charge in [-0.1, -0.05) is 54.2 Å². The summed E-state index contributed by atoms with van der Waals surface area (Å²) in [6.45, 7) is 4.66. The van der Waals surface area contributed by atoms with Crippen molar-refractivity contribution in [3.05, 3.63) is 95.4 Å². The lowest BCUT2D eigenvalue weighted by Crippen LogP contribution is -1.94. The highest BCUT2D eigenvalue weighted by Crippen LogP contribution is 2.41. The predicted octanol–water partition coefficient (Wildman–Crippen LogP) is 6.31. The van der Waals surface area contributed by atoms with Crippen molar-refractivity contribution in [1.29, 1.82) is 0 Å². The molecule has 27 heavy (non-hydrogen) atoms. The summed E-state index contributed by atoms with van der Waals surface area (Å²) in [7, 11) is 0. The highest BCUT2D eigenvalue weighted by molar-refractivity contribution is 8.04. The number of para-hydroxylation sites is 1. The molecule has 4 aromatic rings. The summed E-state index contributed by atoms with van der Waals surface area (Å²) in [5.74, 6) is 0.116. The lowest BCUT2D eigenvalue weighted by Gasteiger charge is -2.03. The van der Waals surface area contributed by atoms with Crippen molar-refractivity contribution in [2.24, 2.45) is 0 Å². The average molecular weight is 367 g/mol. The molecule has 0 amide bonds. The Morgan fingerprint density at radius 2 is 1.70 bits per heavy atom. The van der Waals surface area contributed by atoms with Gasteiger partial charge < -0.3 is 4.57 Å². The van der Waals surface area contributed by atoms with Gasteiger partial charge in [0.15, 0.2) is 0 Å². The van der Waals surface area contributed by atoms with Gasteiger partial charge in [-0.2, -0.15) is 0 Å². The van der Waals surface area contributed by atoms with E-state index >= 15 is 0 Å². The Morgan fingerprint density at radius 1 is 0.926 bits per heavy atom. The van der Waals surface area contributed by atoms with Crippen LogP contribution in [0.25, 0.3) is 27.9 Å². The largest absolute Gasteiger partial charge is 0.337 e. The van der Waals surface area contributed by atoms with E-state index in [-0.39, 0.29) is 5.78 Å². The van der Waals surface area contributed by atoms with Crippen LogP contribution in [0, 0.1) is 0 Å². The number of Topliss-reactive ketones (excluding diaryl/α,β-unsaturated/α-hetero) is 1. The SMILES string of the molecule is C=CCn1c2ccccc2c2cc(/C=C3/Sc4ccccc4C3=O)ccc21. The van der Waals surface area contributed by atoms with Crippen molar-refractivity contribution in [1.82, 2.24) is 4.57 Å². The fourth-order valence-corrected chi connectivity index (χ4v) is 4.83. The van der Waals surface area contributed by atoms with Gasteiger partial charge in [0.05, 0.1) is 4.91 Å². The fourth-order valence-electron chi connectivity index (χ4n) is 3.77. The summed E-state index contributed by atoms with van der Waals surface area (Å²) in [5, 5.41) is 2.43. The monoisotopic (exact) mass is 367 g/mol. The summed E-state index contributed by atoms with van der Waals surface area (Å²) in [4.78, 5) is 14.5. The molecule has 130 valence electrons. The molecule has 0 fully saturated rings. The number of carbonyl (C=O) groups is 1. The summed E-state index contributed by atoms with van der Waals surface area (Å²) >= 11 is 1.55. The van der Waals surface area contributed by atoms with Crippen LogP contribution < -0.4 is 0 Å². The van der Waals surface area contributed by atoms with Crippen molar-refractivity contribution < 1.29 is 4.79 Å². The van der Waals surface area contributed by atoms with Gasteiger partial charge in [-0.3, -0.25) is 4.79 Å². The van der Waals surface area contributed by atoms with Crippen molar-refractivity contribution in [2.45, 2.75) is 11.4 Å². The zero-order chi connectivity index (χ0) is 18.4. The first kappa shape index (κ1) is 16.2. The van der Waals surface area contributed by atoms with Crippen LogP contribution in [-0.4, -0.2) is 10.4 Å². The van der Waals surface area contributed by atoms with Crippen LogP contribution in [0.1, 0.15) is 15.9 Å². The number of fused-ring (bicyclic) bond motifs is 4. The van der Waals surface area contributed by atoms with Gasteiger partial charge in [-0.15, -0.1) is 6.58 Å². The molecule has 0 radical (unpaired) electrons. The number of aromatic nitrogens is 1. The Labute approximate surface area is 161 Å². The first-order chi connectivity index (χ1) is 13.3. The standard InChI is InChI=1S/C24H17NOS/c1-2-13-25-20-9-5-3-7-17(20)19-14-16(11-12-21(19)25)15-23-24(26)18-8-4-6-10-22(18)27-23/h2-12,14-15H,1,13H2/b23-15+. The van der Waals surface area contributed by atoms with Crippen LogP contribution in [0.2, 0.25) is 0 Å². The third-order valence-corrected chi connectivity index (χ3v) is 6.08. The molecule has 1 aliphatic rings. The highest BCUT2D eigenvalue weighted by Gasteiger charge is 2.25. The van der Waals surface area contributed by atoms with Crippen LogP contribution in [0.15, 0.2) is 89.2 Å². The molecule has 3 aromatic carbocycles. The Morgan fingerprint density at radius 3 is 2.56 bits per heavy atom. The minimum Gasteiger partial charge on any atom is -0.337 e. The predicted molar refractivity (Wildman–Crippen MR) is 114 cm³/mol. The second-order valence-electron chi connectivity index (χ2n) is 6.63. The molecule has 0 saturated heterocycles. The van der Waals surface area contributed by atoms with Gasteiger partial charge >= 0.3 is 0 Å². The molecular weight excluding hydrogens is 350 g/mol. The maximum Gasteiger partial charge on any atom is 0.200 e. The molecule has 2 heterocycles. The van der Waals surface area contributed by atoms with Gasteiger partial charge in [0, 0.05) is 38.8 Å². The number of carbonyl (C=O) groups excluding carboxylic acids is 1. The topological polar surface area (TPSA) is 22.0 Å². The van der Waals surface area contributed by atoms with E-state index in [9.17, 15) is 4.79 Å². The van der Waals surface area contributed by atoms with Crippen LogP contribution in [0.3, 0.4) is 0 Å². The molecule has 1 aromatic heterocycles. The third-order valence-electron chi connectivity index (χ3n) is 4.98. The Hall–Kier alpha value is -3.04. The summed E-state index contributed by atoms with van der Waals surface area (Å²) in [5.41, 5.74) is 4.24. The normalized spacial score (nSPS) is 15.0. The molecule has 0 unspecified atom stereocenters. The minimum absolute atomic E-state index is 0.116. The maximum absolute atomic E-state index is 12.7. The van der Waals surface area contributed by atoms with Crippen molar-refractivity contribution in [3.8, 4) is 0 Å². The molecule has 0 spiro atoms. The van der Waals surface area contributed by atoms with Crippen molar-refractivity contribution >= 4 is 45.4 Å². The minimum atomic E-state index is 0.116. The van der Waals surface area contributed by atoms with Crippen molar-refractivity contribution in [2.75, 3.05) is 0 Å². The molecule has 2 nitrogen and oxygen atoms in total. The number of hydrogen-bond acceptors (Lipinski definition) is 2. The highest BCUT2D eigenvalue weighted by atomic mass is 32.2. The number of allylic oxidation sites excluding steroid dienone is 2. The van der Waals surface area contributed by atoms with Crippen LogP contribution in [0.5, 0.6) is 0 Å². The lowest BCUT2D eigenvalue weighted by molar-refractivity contribution is 0.104. The molecule has 0 atom stereocenters. The van der Waals surface area contributed by atoms with E-state index in [1.54, 1.807) is 11.8 Å². The second kappa shape index (κ2) is 6.29. The number of thioether (sulfide) groups is 1. The second-order valence-corrected chi connectivity index (χ2v) is 7.71. The van der Waals surface area contributed by atoms with Gasteiger partial charge in [0.2, 0.25) is 5.78 Å². The number of rotatable bonds is 3. The van der Waals surface area contributed by atoms with Gasteiger partial charge in [-0.05, 0) is 42.0 Å². The lowest BCUT2D eigenvalue weighted by atomic mass is 10.1. The molecular formula is C24H17NOS. The van der Waals surface area contributed by atoms with E-state index in [0.717, 1.165) is 27.5 Å². The first-order valence-corrected chi connectivity index (χ1v) is 9.73. The van der Waals surface area contributed by atoms with Crippen LogP contribution in [-0.2, 0) is 6.54 Å². The molecule has 3 heteroatoms. The number of benzene rings is 3. The zero-order valence-electron chi connectivity index (χ0n) is 14.7. The van der Waals surface area contributed by atoms with Crippen LogP contribution >= 0.6 is 11.8 Å². The van der Waals surface area contributed by atoms with E-state index in [1.807, 2.05) is 36.4 Å². The van der Waals surface area contributed by atoms with Crippen LogP contribution in [0.4, 0.5) is 0 Å². The van der Waals surface area contributed by atoms with E-state index < -0.39 is 0 Å². The first-order valence-electron chi connectivity index (χ1n) is 8.91. The number of nitrogens with zero attached hydrogens (tertiary/aromatic N) is 1. The smallest absolute Gasteiger partial charge is 0.200 e. The molecule has 0 N–H and O–H groups in total. The summed E-state index contributed by atoms with van der Waals surface area (Å²) in [6, 6.07) is 22.6. The summed E-state index contributed by atoms with van der Waals surface area (Å²) < 4.78 is 2.28. The van der Waals surface area contributed by atoms with Gasteiger partial charge in [0.1, 0.15) is 0 Å². The molecule has 0 saturated carbocycles. The van der Waals surface area contributed by atoms with E-state index in [1.165, 1.54) is 21.8 Å². The van der Waals surface area contributed by atoms with E-state index in [4.69, 9.17) is 0 Å². The number of hydrogen-bond donors (Lipinski definition) is 0. The summed E-state index contributed by atoms with van der Waals surface area (Å²) in [6.07, 6.45) is 3.93. The average Bonchev–Trinajstić information content (AvgIpc) is 3.18. The Kier molecular flexibility index (Phi) is 3.76. The van der Waals surface area contributed by atoms with E-state index in [0.29, 0.717) is 0 Å². The maximum atomic E-state index is 12.7. The van der Waals surface area contributed by atoms with E-state index in [2.05, 4.69) is 53.6 Å². The number of ketones is 1. The van der Waals surface area contributed by atoms with Crippen molar-refractivity contribution in [3.63, 3.8) is 0 Å². The Balaban J connectivity index is 1.65. The molecule has 0 aliphatic carbocycles. The molecule has 1 aliphatic heterocycles. The zero-order valence-corrected chi connectivity index (χ0v) is 15.5. The third kappa shape index (κ3) is 2.54. The quantitative estimate of drug-likeness (QED) is 0.313. The molecule has 5 rings (SSSR count). The molecule has 0 bridgehead atoms. The van der Waals surface area contributed by atoms with Gasteiger partial charge in [-0.25, -0.2) is 0 Å². The van der Waals surface area contributed by atoms with Gasteiger partial charge in [0.25, 0.3) is 0 Å². The fraction of sp³-hybridized carbons (Fsp3) is 0.0417.